The zero-order valence-corrected chi connectivity index (χ0v) is 13.4. The Hall–Kier alpha value is -2.52. The number of aromatic nitrogens is 1. The highest BCUT2D eigenvalue weighted by Crippen LogP contribution is 2.36. The van der Waals surface area contributed by atoms with Gasteiger partial charge in [-0.3, -0.25) is 4.79 Å². The van der Waals surface area contributed by atoms with Gasteiger partial charge in [0.2, 0.25) is 0 Å². The van der Waals surface area contributed by atoms with Crippen molar-refractivity contribution in [3.63, 3.8) is 0 Å². The highest BCUT2D eigenvalue weighted by molar-refractivity contribution is 6.36. The van der Waals surface area contributed by atoms with Crippen molar-refractivity contribution in [2.75, 3.05) is 5.32 Å². The number of anilines is 1. The van der Waals surface area contributed by atoms with Crippen LogP contribution in [0, 0.1) is 0 Å². The molecule has 4 rings (SSSR count). The Balaban J connectivity index is 1.87. The number of hydrogen-bond donors (Lipinski definition) is 2. The first kappa shape index (κ1) is 14.1. The van der Waals surface area contributed by atoms with Gasteiger partial charge in [-0.1, -0.05) is 42.8 Å². The summed E-state index contributed by atoms with van der Waals surface area (Å²) in [7, 11) is 0. The third kappa shape index (κ3) is 2.25. The van der Waals surface area contributed by atoms with Crippen LogP contribution in [0.1, 0.15) is 23.6 Å². The van der Waals surface area contributed by atoms with Crippen LogP contribution >= 0.6 is 11.6 Å². The van der Waals surface area contributed by atoms with Gasteiger partial charge in [0, 0.05) is 38.8 Å². The van der Waals surface area contributed by atoms with Gasteiger partial charge < -0.3 is 10.3 Å². The molecule has 0 bridgehead atoms. The Morgan fingerprint density at radius 2 is 2.09 bits per heavy atom. The Labute approximate surface area is 139 Å². The number of nitrogens with one attached hydrogen (secondary N) is 2. The largest absolute Gasteiger partial charge is 0.360 e. The molecule has 0 aliphatic carbocycles. The van der Waals surface area contributed by atoms with Crippen LogP contribution < -0.4 is 5.32 Å². The van der Waals surface area contributed by atoms with Gasteiger partial charge >= 0.3 is 0 Å². The van der Waals surface area contributed by atoms with E-state index in [-0.39, 0.29) is 5.91 Å². The quantitative estimate of drug-likeness (QED) is 0.649. The summed E-state index contributed by atoms with van der Waals surface area (Å²) in [6, 6.07) is 11.7. The lowest BCUT2D eigenvalue weighted by Crippen LogP contribution is -2.03. The Kier molecular flexibility index (Phi) is 3.24. The number of carbonyl (C=O) groups is 1. The van der Waals surface area contributed by atoms with Crippen molar-refractivity contribution in [2.45, 2.75) is 13.3 Å². The maximum absolute atomic E-state index is 12.3. The zero-order valence-electron chi connectivity index (χ0n) is 12.6. The van der Waals surface area contributed by atoms with Gasteiger partial charge in [-0.15, -0.1) is 0 Å². The van der Waals surface area contributed by atoms with Crippen LogP contribution in [0.2, 0.25) is 5.02 Å². The SMILES string of the molecule is CCc1cccc2c(C=C3C(=O)Nc4cc(Cl)ccc43)c[nH]c12. The molecular formula is C19H15ClN2O. The summed E-state index contributed by atoms with van der Waals surface area (Å²) < 4.78 is 0. The molecule has 114 valence electrons. The molecule has 3 aromatic rings. The van der Waals surface area contributed by atoms with E-state index < -0.39 is 0 Å². The lowest BCUT2D eigenvalue weighted by molar-refractivity contribution is -0.110. The normalized spacial score (nSPS) is 15.2. The predicted octanol–water partition coefficient (Wildman–Crippen LogP) is 4.88. The highest BCUT2D eigenvalue weighted by Gasteiger charge is 2.24. The number of fused-ring (bicyclic) bond motifs is 2. The van der Waals surface area contributed by atoms with Crippen LogP contribution in [0.4, 0.5) is 5.69 Å². The van der Waals surface area contributed by atoms with Gasteiger partial charge in [0.05, 0.1) is 5.69 Å². The van der Waals surface area contributed by atoms with Gasteiger partial charge in [-0.2, -0.15) is 0 Å². The van der Waals surface area contributed by atoms with Crippen LogP contribution in [0.15, 0.2) is 42.6 Å². The fraction of sp³-hybridized carbons (Fsp3) is 0.105. The van der Waals surface area contributed by atoms with Crippen molar-refractivity contribution in [1.29, 1.82) is 0 Å². The summed E-state index contributed by atoms with van der Waals surface area (Å²) in [5.41, 5.74) is 5.75. The van der Waals surface area contributed by atoms with Crippen LogP contribution in [0.3, 0.4) is 0 Å². The molecule has 0 unspecified atom stereocenters. The van der Waals surface area contributed by atoms with Gasteiger partial charge in [0.1, 0.15) is 0 Å². The second kappa shape index (κ2) is 5.28. The van der Waals surface area contributed by atoms with Crippen molar-refractivity contribution in [2.24, 2.45) is 0 Å². The number of hydrogen-bond acceptors (Lipinski definition) is 1. The molecular weight excluding hydrogens is 308 g/mol. The summed E-state index contributed by atoms with van der Waals surface area (Å²) >= 11 is 6.00. The average Bonchev–Trinajstić information content (AvgIpc) is 3.09. The third-order valence-corrected chi connectivity index (χ3v) is 4.51. The van der Waals surface area contributed by atoms with E-state index in [1.807, 2.05) is 18.3 Å². The van der Waals surface area contributed by atoms with E-state index >= 15 is 0 Å². The maximum atomic E-state index is 12.3. The zero-order chi connectivity index (χ0) is 16.0. The van der Waals surface area contributed by atoms with E-state index in [1.165, 1.54) is 5.56 Å². The lowest BCUT2D eigenvalue weighted by Gasteiger charge is -2.00. The number of aromatic amines is 1. The number of benzene rings is 2. The Bertz CT molecular complexity index is 969. The smallest absolute Gasteiger partial charge is 0.256 e. The van der Waals surface area contributed by atoms with Gasteiger partial charge in [0.25, 0.3) is 5.91 Å². The molecule has 0 spiro atoms. The summed E-state index contributed by atoms with van der Waals surface area (Å²) in [5, 5.41) is 4.62. The van der Waals surface area contributed by atoms with E-state index in [0.29, 0.717) is 10.6 Å². The summed E-state index contributed by atoms with van der Waals surface area (Å²) in [4.78, 5) is 15.6. The minimum absolute atomic E-state index is 0.0942. The predicted molar refractivity (Wildman–Crippen MR) is 95.6 cm³/mol. The second-order valence-corrected chi connectivity index (χ2v) is 6.08. The molecule has 0 saturated heterocycles. The number of carbonyl (C=O) groups excluding carboxylic acids is 1. The molecule has 4 heteroatoms. The van der Waals surface area contributed by atoms with Crippen molar-refractivity contribution in [1.82, 2.24) is 4.98 Å². The fourth-order valence-corrected chi connectivity index (χ4v) is 3.29. The van der Waals surface area contributed by atoms with Crippen molar-refractivity contribution < 1.29 is 4.79 Å². The molecule has 0 fully saturated rings. The lowest BCUT2D eigenvalue weighted by atomic mass is 10.0. The van der Waals surface area contributed by atoms with Crippen LogP contribution in [0.25, 0.3) is 22.6 Å². The standard InChI is InChI=1S/C19H15ClN2O/c1-2-11-4-3-5-14-12(10-21-18(11)14)8-16-15-7-6-13(20)9-17(15)22-19(16)23/h3-10,21H,2H2,1H3,(H,22,23). The van der Waals surface area contributed by atoms with Gasteiger partial charge in [-0.05, 0) is 30.2 Å². The molecule has 1 aliphatic rings. The van der Waals surface area contributed by atoms with Crippen molar-refractivity contribution >= 4 is 45.7 Å². The minimum Gasteiger partial charge on any atom is -0.360 e. The summed E-state index contributed by atoms with van der Waals surface area (Å²) in [6.45, 7) is 2.14. The Morgan fingerprint density at radius 1 is 1.22 bits per heavy atom. The molecule has 3 nitrogen and oxygen atoms in total. The second-order valence-electron chi connectivity index (χ2n) is 5.64. The fourth-order valence-electron chi connectivity index (χ4n) is 3.12. The summed E-state index contributed by atoms with van der Waals surface area (Å²) in [6.07, 6.45) is 4.86. The topological polar surface area (TPSA) is 44.9 Å². The average molecular weight is 323 g/mol. The molecule has 0 atom stereocenters. The first-order valence-corrected chi connectivity index (χ1v) is 7.97. The first-order chi connectivity index (χ1) is 11.2. The highest BCUT2D eigenvalue weighted by atomic mass is 35.5. The Morgan fingerprint density at radius 3 is 2.91 bits per heavy atom. The van der Waals surface area contributed by atoms with Crippen LogP contribution in [0.5, 0.6) is 0 Å². The molecule has 2 heterocycles. The van der Waals surface area contributed by atoms with E-state index in [2.05, 4.69) is 35.4 Å². The minimum atomic E-state index is -0.0942. The van der Waals surface area contributed by atoms with E-state index in [1.54, 1.807) is 12.1 Å². The molecule has 1 aliphatic heterocycles. The molecule has 0 radical (unpaired) electrons. The number of H-pyrrole nitrogens is 1. The number of aryl methyl sites for hydroxylation is 1. The van der Waals surface area contributed by atoms with Crippen molar-refractivity contribution in [3.05, 3.63) is 64.3 Å². The number of halogens is 1. The first-order valence-electron chi connectivity index (χ1n) is 7.59. The van der Waals surface area contributed by atoms with Crippen molar-refractivity contribution in [3.8, 4) is 0 Å². The monoisotopic (exact) mass is 322 g/mol. The van der Waals surface area contributed by atoms with E-state index in [0.717, 1.165) is 34.1 Å². The van der Waals surface area contributed by atoms with E-state index in [9.17, 15) is 4.79 Å². The number of para-hydroxylation sites is 1. The maximum Gasteiger partial charge on any atom is 0.256 e. The summed E-state index contributed by atoms with van der Waals surface area (Å²) in [5.74, 6) is -0.0942. The number of rotatable bonds is 2. The third-order valence-electron chi connectivity index (χ3n) is 4.28. The molecule has 2 N–H and O–H groups in total. The molecule has 2 aromatic carbocycles. The molecule has 1 amide bonds. The van der Waals surface area contributed by atoms with Crippen LogP contribution in [-0.2, 0) is 11.2 Å². The molecule has 1 aromatic heterocycles. The number of amides is 1. The molecule has 0 saturated carbocycles. The van der Waals surface area contributed by atoms with E-state index in [4.69, 9.17) is 11.6 Å². The van der Waals surface area contributed by atoms with Gasteiger partial charge in [-0.25, -0.2) is 0 Å². The molecule has 23 heavy (non-hydrogen) atoms. The van der Waals surface area contributed by atoms with Crippen LogP contribution in [-0.4, -0.2) is 10.9 Å². The van der Waals surface area contributed by atoms with Gasteiger partial charge in [0.15, 0.2) is 0 Å².